The van der Waals surface area contributed by atoms with Gasteiger partial charge < -0.3 is 14.8 Å². The van der Waals surface area contributed by atoms with E-state index < -0.39 is 0 Å². The number of rotatable bonds is 5. The van der Waals surface area contributed by atoms with Gasteiger partial charge in [0.05, 0.1) is 18.2 Å². The van der Waals surface area contributed by atoms with Crippen LogP contribution in [0.5, 0.6) is 11.5 Å². The van der Waals surface area contributed by atoms with Crippen molar-refractivity contribution in [3.63, 3.8) is 0 Å². The van der Waals surface area contributed by atoms with Crippen LogP contribution in [0.25, 0.3) is 0 Å². The number of fused-ring (bicyclic) bond motifs is 1. The molecule has 0 atom stereocenters. The van der Waals surface area contributed by atoms with Crippen molar-refractivity contribution >= 4 is 17.5 Å². The maximum absolute atomic E-state index is 12.2. The first-order chi connectivity index (χ1) is 11.2. The molecule has 1 amide bonds. The van der Waals surface area contributed by atoms with Gasteiger partial charge >= 0.3 is 0 Å². The van der Waals surface area contributed by atoms with Crippen LogP contribution < -0.4 is 14.8 Å². The van der Waals surface area contributed by atoms with Crippen molar-refractivity contribution < 1.29 is 14.3 Å². The molecule has 0 fully saturated rings. The first-order valence-electron chi connectivity index (χ1n) is 7.44. The fraction of sp³-hybridized carbons (Fsp3) is 0.400. The number of hydrogen-bond donors (Lipinski definition) is 1. The number of aryl methyl sites for hydroxylation is 1. The highest BCUT2D eigenvalue weighted by Gasteiger charge is 2.18. The van der Waals surface area contributed by atoms with Gasteiger partial charge in [0.25, 0.3) is 5.91 Å². The number of amides is 1. The molecule has 1 aromatic heterocycles. The number of nitrogens with one attached hydrogen (secondary N) is 1. The van der Waals surface area contributed by atoms with Gasteiger partial charge in [0.2, 0.25) is 0 Å². The molecule has 7 nitrogen and oxygen atoms in total. The van der Waals surface area contributed by atoms with E-state index in [2.05, 4.69) is 15.4 Å². The molecule has 1 N–H and O–H groups in total. The molecule has 0 spiro atoms. The van der Waals surface area contributed by atoms with Crippen LogP contribution in [0, 0.1) is 0 Å². The van der Waals surface area contributed by atoms with Gasteiger partial charge in [-0.05, 0) is 18.6 Å². The summed E-state index contributed by atoms with van der Waals surface area (Å²) >= 11 is 6.19. The van der Waals surface area contributed by atoms with E-state index in [-0.39, 0.29) is 5.91 Å². The molecular formula is C15H17ClN4O3. The second-order valence-electron chi connectivity index (χ2n) is 5.10. The lowest BCUT2D eigenvalue weighted by atomic mass is 10.2. The number of halogens is 1. The Hall–Kier alpha value is -2.28. The average molecular weight is 337 g/mol. The molecular weight excluding hydrogens is 320 g/mol. The lowest BCUT2D eigenvalue weighted by molar-refractivity contribution is 0.0952. The molecule has 0 radical (unpaired) electrons. The van der Waals surface area contributed by atoms with Crippen molar-refractivity contribution in [3.8, 4) is 11.5 Å². The third-order valence-electron chi connectivity index (χ3n) is 3.38. The molecule has 1 aromatic carbocycles. The zero-order chi connectivity index (χ0) is 16.1. The van der Waals surface area contributed by atoms with E-state index in [1.54, 1.807) is 23.1 Å². The Balaban J connectivity index is 1.58. The van der Waals surface area contributed by atoms with Gasteiger partial charge in [-0.1, -0.05) is 11.6 Å². The van der Waals surface area contributed by atoms with Gasteiger partial charge in [-0.15, -0.1) is 0 Å². The average Bonchev–Trinajstić information content (AvgIpc) is 2.94. The summed E-state index contributed by atoms with van der Waals surface area (Å²) in [5, 5.41) is 7.25. The number of carbonyl (C=O) groups is 1. The minimum absolute atomic E-state index is 0.193. The summed E-state index contributed by atoms with van der Waals surface area (Å²) in [7, 11) is 0. The van der Waals surface area contributed by atoms with Crippen molar-refractivity contribution in [1.29, 1.82) is 0 Å². The van der Waals surface area contributed by atoms with Crippen molar-refractivity contribution in [2.75, 3.05) is 19.8 Å². The molecule has 1 aliphatic heterocycles. The predicted molar refractivity (Wildman–Crippen MR) is 84.0 cm³/mol. The molecule has 3 rings (SSSR count). The second-order valence-corrected chi connectivity index (χ2v) is 5.51. The van der Waals surface area contributed by atoms with Crippen molar-refractivity contribution in [2.45, 2.75) is 19.4 Å². The molecule has 122 valence electrons. The topological polar surface area (TPSA) is 78.3 Å². The van der Waals surface area contributed by atoms with Crippen LogP contribution in [-0.2, 0) is 6.54 Å². The summed E-state index contributed by atoms with van der Waals surface area (Å²) in [6.07, 6.45) is 4.67. The number of aromatic nitrogens is 3. The quantitative estimate of drug-likeness (QED) is 0.844. The zero-order valence-electron chi connectivity index (χ0n) is 12.5. The van der Waals surface area contributed by atoms with Crippen molar-refractivity contribution in [1.82, 2.24) is 20.1 Å². The first-order valence-corrected chi connectivity index (χ1v) is 7.81. The number of hydrogen-bond acceptors (Lipinski definition) is 5. The lowest BCUT2D eigenvalue weighted by Crippen LogP contribution is -2.25. The van der Waals surface area contributed by atoms with Crippen LogP contribution in [0.15, 0.2) is 24.8 Å². The molecule has 1 aliphatic rings. The Labute approximate surface area is 138 Å². The summed E-state index contributed by atoms with van der Waals surface area (Å²) < 4.78 is 12.9. The van der Waals surface area contributed by atoms with Gasteiger partial charge in [0, 0.05) is 25.1 Å². The van der Waals surface area contributed by atoms with E-state index in [9.17, 15) is 4.79 Å². The van der Waals surface area contributed by atoms with Crippen molar-refractivity contribution in [3.05, 3.63) is 35.4 Å². The van der Waals surface area contributed by atoms with E-state index in [4.69, 9.17) is 21.1 Å². The third kappa shape index (κ3) is 3.92. The summed E-state index contributed by atoms with van der Waals surface area (Å²) in [4.78, 5) is 16.1. The molecule has 23 heavy (non-hydrogen) atoms. The smallest absolute Gasteiger partial charge is 0.251 e. The molecule has 2 aromatic rings. The van der Waals surface area contributed by atoms with Crippen LogP contribution in [0.3, 0.4) is 0 Å². The van der Waals surface area contributed by atoms with Crippen molar-refractivity contribution in [2.24, 2.45) is 0 Å². The number of benzene rings is 1. The SMILES string of the molecule is O=C(NCCCn1cncn1)c1cc(Cl)c2c(c1)OCCCO2. The third-order valence-corrected chi connectivity index (χ3v) is 3.66. The van der Waals surface area contributed by atoms with E-state index in [1.165, 1.54) is 6.33 Å². The highest BCUT2D eigenvalue weighted by molar-refractivity contribution is 6.32. The maximum Gasteiger partial charge on any atom is 0.251 e. The Morgan fingerprint density at radius 2 is 2.22 bits per heavy atom. The normalized spacial score (nSPS) is 13.4. The van der Waals surface area contributed by atoms with Gasteiger partial charge in [0.15, 0.2) is 11.5 Å². The van der Waals surface area contributed by atoms with Crippen LogP contribution in [0.1, 0.15) is 23.2 Å². The number of carbonyl (C=O) groups excluding carboxylic acids is 1. The fourth-order valence-corrected chi connectivity index (χ4v) is 2.52. The minimum Gasteiger partial charge on any atom is -0.489 e. The zero-order valence-corrected chi connectivity index (χ0v) is 13.3. The van der Waals surface area contributed by atoms with Gasteiger partial charge in [-0.25, -0.2) is 4.98 Å². The fourth-order valence-electron chi connectivity index (χ4n) is 2.26. The van der Waals surface area contributed by atoms with Crippen LogP contribution >= 0.6 is 11.6 Å². The lowest BCUT2D eigenvalue weighted by Gasteiger charge is -2.11. The first kappa shape index (κ1) is 15.6. The van der Waals surface area contributed by atoms with E-state index in [1.807, 2.05) is 0 Å². The Morgan fingerprint density at radius 1 is 1.35 bits per heavy atom. The molecule has 0 saturated heterocycles. The van der Waals surface area contributed by atoms with Crippen LogP contribution in [-0.4, -0.2) is 40.4 Å². The van der Waals surface area contributed by atoms with E-state index >= 15 is 0 Å². The highest BCUT2D eigenvalue weighted by Crippen LogP contribution is 2.37. The highest BCUT2D eigenvalue weighted by atomic mass is 35.5. The Kier molecular flexibility index (Phi) is 4.97. The van der Waals surface area contributed by atoms with Gasteiger partial charge in [0.1, 0.15) is 12.7 Å². The maximum atomic E-state index is 12.2. The molecule has 0 saturated carbocycles. The standard InChI is InChI=1S/C15H17ClN4O3/c16-12-7-11(8-13-14(12)23-6-2-5-22-13)15(21)18-3-1-4-20-10-17-9-19-20/h7-10H,1-6H2,(H,18,21). The molecule has 2 heterocycles. The Morgan fingerprint density at radius 3 is 3.04 bits per heavy atom. The molecule has 0 unspecified atom stereocenters. The molecule has 0 aliphatic carbocycles. The van der Waals surface area contributed by atoms with Crippen LogP contribution in [0.4, 0.5) is 0 Å². The number of ether oxygens (including phenoxy) is 2. The van der Waals surface area contributed by atoms with E-state index in [0.717, 1.165) is 12.8 Å². The second kappa shape index (κ2) is 7.32. The summed E-state index contributed by atoms with van der Waals surface area (Å²) in [6, 6.07) is 3.26. The van der Waals surface area contributed by atoms with Crippen LogP contribution in [0.2, 0.25) is 5.02 Å². The predicted octanol–water partition coefficient (Wildman–Crippen LogP) is 1.91. The summed E-state index contributed by atoms with van der Waals surface area (Å²) in [6.45, 7) is 2.33. The summed E-state index contributed by atoms with van der Waals surface area (Å²) in [5.74, 6) is 0.829. The summed E-state index contributed by atoms with van der Waals surface area (Å²) in [5.41, 5.74) is 0.458. The molecule has 8 heteroatoms. The monoisotopic (exact) mass is 336 g/mol. The number of nitrogens with zero attached hydrogens (tertiary/aromatic N) is 3. The Bertz CT molecular complexity index is 676. The molecule has 0 bridgehead atoms. The largest absolute Gasteiger partial charge is 0.489 e. The van der Waals surface area contributed by atoms with Gasteiger partial charge in [-0.2, -0.15) is 5.10 Å². The van der Waals surface area contributed by atoms with Gasteiger partial charge in [-0.3, -0.25) is 9.48 Å². The minimum atomic E-state index is -0.193. The van der Waals surface area contributed by atoms with E-state index in [0.29, 0.717) is 48.4 Å².